The third kappa shape index (κ3) is 6.05. The maximum Gasteiger partial charge on any atom is 0.191 e. The molecule has 2 heterocycles. The lowest BCUT2D eigenvalue weighted by atomic mass is 9.95. The van der Waals surface area contributed by atoms with E-state index in [9.17, 15) is 0 Å². The summed E-state index contributed by atoms with van der Waals surface area (Å²) < 4.78 is 2.19. The van der Waals surface area contributed by atoms with Gasteiger partial charge in [-0.15, -0.1) is 24.0 Å². The van der Waals surface area contributed by atoms with Crippen LogP contribution in [0.3, 0.4) is 0 Å². The Morgan fingerprint density at radius 2 is 1.81 bits per heavy atom. The zero-order valence-corrected chi connectivity index (χ0v) is 19.1. The average molecular weight is 491 g/mol. The summed E-state index contributed by atoms with van der Waals surface area (Å²) in [7, 11) is 0. The molecule has 1 aromatic rings. The molecule has 1 saturated heterocycles. The molecule has 0 amide bonds. The molecule has 7 heteroatoms. The smallest absolute Gasteiger partial charge is 0.191 e. The van der Waals surface area contributed by atoms with Crippen molar-refractivity contribution in [2.45, 2.75) is 44.7 Å². The Hall–Kier alpha value is -0.410. The van der Waals surface area contributed by atoms with E-state index in [1.807, 2.05) is 0 Å². The van der Waals surface area contributed by atoms with Gasteiger partial charge in [0.15, 0.2) is 5.96 Å². The number of nitrogens with zero attached hydrogens (tertiary/aromatic N) is 3. The first kappa shape index (κ1) is 21.9. The van der Waals surface area contributed by atoms with Gasteiger partial charge in [-0.25, -0.2) is 0 Å². The molecule has 0 radical (unpaired) electrons. The zero-order chi connectivity index (χ0) is 17.4. The summed E-state index contributed by atoms with van der Waals surface area (Å²) in [6.45, 7) is 8.30. The molecular weight excluding hydrogens is 457 g/mol. The minimum Gasteiger partial charge on any atom is -0.357 e. The van der Waals surface area contributed by atoms with Gasteiger partial charge in [-0.1, -0.05) is 12.8 Å². The Bertz CT molecular complexity index is 522. The molecule has 5 nitrogen and oxygen atoms in total. The largest absolute Gasteiger partial charge is 0.357 e. The number of hydrogen-bond donors (Lipinski definition) is 2. The van der Waals surface area contributed by atoms with Crippen LogP contribution in [0.1, 0.15) is 32.6 Å². The molecule has 0 aromatic carbocycles. The zero-order valence-electron chi connectivity index (χ0n) is 16.0. The van der Waals surface area contributed by atoms with Crippen molar-refractivity contribution in [2.24, 2.45) is 4.99 Å². The highest BCUT2D eigenvalue weighted by molar-refractivity contribution is 14.0. The molecular formula is C19H34IN5S. The van der Waals surface area contributed by atoms with Crippen molar-refractivity contribution in [2.75, 3.05) is 44.2 Å². The molecule has 1 aromatic heterocycles. The molecule has 1 aliphatic heterocycles. The van der Waals surface area contributed by atoms with Crippen molar-refractivity contribution in [1.82, 2.24) is 20.1 Å². The number of hydrogen-bond acceptors (Lipinski definition) is 3. The topological polar surface area (TPSA) is 44.6 Å². The minimum absolute atomic E-state index is 0. The van der Waals surface area contributed by atoms with Gasteiger partial charge in [-0.3, -0.25) is 9.89 Å². The molecule has 2 N–H and O–H groups in total. The Balaban J connectivity index is 0.00000243. The predicted octanol–water partition coefficient (Wildman–Crippen LogP) is 3.02. The van der Waals surface area contributed by atoms with Gasteiger partial charge in [0.1, 0.15) is 0 Å². The summed E-state index contributed by atoms with van der Waals surface area (Å²) in [6, 6.07) is 4.14. The van der Waals surface area contributed by atoms with Crippen LogP contribution in [-0.2, 0) is 6.54 Å². The van der Waals surface area contributed by atoms with Crippen LogP contribution in [0.2, 0.25) is 0 Å². The number of aliphatic imine (C=N–C) groups is 1. The fourth-order valence-corrected chi connectivity index (χ4v) is 4.94. The lowest BCUT2D eigenvalue weighted by Crippen LogP contribution is -2.53. The molecule has 148 valence electrons. The number of rotatable bonds is 7. The molecule has 1 aliphatic carbocycles. The fourth-order valence-electron chi connectivity index (χ4n) is 4.04. The van der Waals surface area contributed by atoms with Gasteiger partial charge in [0.2, 0.25) is 0 Å². The van der Waals surface area contributed by atoms with Crippen molar-refractivity contribution in [1.29, 1.82) is 0 Å². The summed E-state index contributed by atoms with van der Waals surface area (Å²) >= 11 is 2.09. The Kier molecular flexibility index (Phi) is 9.63. The van der Waals surface area contributed by atoms with Crippen molar-refractivity contribution < 1.29 is 0 Å². The molecule has 0 spiro atoms. The normalized spacial score (nSPS) is 20.6. The van der Waals surface area contributed by atoms with E-state index in [1.165, 1.54) is 50.3 Å². The van der Waals surface area contributed by atoms with Gasteiger partial charge < -0.3 is 15.2 Å². The van der Waals surface area contributed by atoms with Crippen LogP contribution in [0.5, 0.6) is 0 Å². The number of aromatic nitrogens is 1. The lowest BCUT2D eigenvalue weighted by Gasteiger charge is -2.42. The van der Waals surface area contributed by atoms with Crippen molar-refractivity contribution in [3.63, 3.8) is 0 Å². The monoisotopic (exact) mass is 491 g/mol. The molecule has 26 heavy (non-hydrogen) atoms. The van der Waals surface area contributed by atoms with Crippen LogP contribution in [0.25, 0.3) is 0 Å². The van der Waals surface area contributed by atoms with Crippen LogP contribution >= 0.6 is 35.7 Å². The van der Waals surface area contributed by atoms with Gasteiger partial charge >= 0.3 is 0 Å². The first-order valence-electron chi connectivity index (χ1n) is 9.78. The summed E-state index contributed by atoms with van der Waals surface area (Å²) in [4.78, 5) is 7.74. The van der Waals surface area contributed by atoms with Crippen LogP contribution in [0.4, 0.5) is 0 Å². The summed E-state index contributed by atoms with van der Waals surface area (Å²) in [6.07, 6.45) is 9.54. The number of guanidine groups is 1. The van der Waals surface area contributed by atoms with Crippen LogP contribution in [-0.4, -0.2) is 65.2 Å². The SMILES string of the molecule is CCNC(=NCC1(N2CCSCC2)CCCC1)NCCn1cccc1.I. The minimum atomic E-state index is 0. The fraction of sp³-hybridized carbons (Fsp3) is 0.737. The van der Waals surface area contributed by atoms with E-state index < -0.39 is 0 Å². The summed E-state index contributed by atoms with van der Waals surface area (Å²) in [5.74, 6) is 3.52. The van der Waals surface area contributed by atoms with E-state index >= 15 is 0 Å². The van der Waals surface area contributed by atoms with Gasteiger partial charge in [0.05, 0.1) is 6.54 Å². The van der Waals surface area contributed by atoms with E-state index in [2.05, 4.69) is 63.3 Å². The third-order valence-corrected chi connectivity index (χ3v) is 6.36. The van der Waals surface area contributed by atoms with E-state index in [0.717, 1.165) is 32.1 Å². The maximum atomic E-state index is 5.00. The Morgan fingerprint density at radius 1 is 1.12 bits per heavy atom. The summed E-state index contributed by atoms with van der Waals surface area (Å²) in [5.41, 5.74) is 0.309. The van der Waals surface area contributed by atoms with Crippen LogP contribution in [0.15, 0.2) is 29.5 Å². The maximum absolute atomic E-state index is 5.00. The molecule has 0 unspecified atom stereocenters. The molecule has 1 saturated carbocycles. The molecule has 0 bridgehead atoms. The quantitative estimate of drug-likeness (QED) is 0.350. The highest BCUT2D eigenvalue weighted by Gasteiger charge is 2.39. The molecule has 0 atom stereocenters. The standard InChI is InChI=1S/C19H33N5S.HI/c1-2-20-18(21-9-12-23-10-5-6-11-23)22-17-19(7-3-4-8-19)24-13-15-25-16-14-24;/h5-6,10-11H,2-4,7-9,12-17H2,1H3,(H2,20,21,22);1H. The number of thioether (sulfide) groups is 1. The van der Waals surface area contributed by atoms with Crippen molar-refractivity contribution in [3.05, 3.63) is 24.5 Å². The Morgan fingerprint density at radius 3 is 2.46 bits per heavy atom. The van der Waals surface area contributed by atoms with E-state index in [1.54, 1.807) is 0 Å². The van der Waals surface area contributed by atoms with Crippen LogP contribution < -0.4 is 10.6 Å². The van der Waals surface area contributed by atoms with Gasteiger partial charge in [0.25, 0.3) is 0 Å². The second-order valence-corrected chi connectivity index (χ2v) is 8.30. The first-order chi connectivity index (χ1) is 12.3. The van der Waals surface area contributed by atoms with E-state index in [-0.39, 0.29) is 24.0 Å². The number of nitrogens with one attached hydrogen (secondary N) is 2. The molecule has 2 aliphatic rings. The third-order valence-electron chi connectivity index (χ3n) is 5.42. The van der Waals surface area contributed by atoms with Crippen molar-refractivity contribution in [3.8, 4) is 0 Å². The highest BCUT2D eigenvalue weighted by atomic mass is 127. The number of halogens is 1. The van der Waals surface area contributed by atoms with Gasteiger partial charge in [0, 0.05) is 62.2 Å². The van der Waals surface area contributed by atoms with Gasteiger partial charge in [-0.2, -0.15) is 11.8 Å². The highest BCUT2D eigenvalue weighted by Crippen LogP contribution is 2.37. The van der Waals surface area contributed by atoms with Crippen molar-refractivity contribution >= 4 is 41.7 Å². The Labute approximate surface area is 179 Å². The van der Waals surface area contributed by atoms with E-state index in [4.69, 9.17) is 4.99 Å². The van der Waals surface area contributed by atoms with Gasteiger partial charge in [-0.05, 0) is 31.9 Å². The van der Waals surface area contributed by atoms with E-state index in [0.29, 0.717) is 5.54 Å². The summed E-state index contributed by atoms with van der Waals surface area (Å²) in [5, 5.41) is 6.91. The van der Waals surface area contributed by atoms with Crippen LogP contribution in [0, 0.1) is 0 Å². The average Bonchev–Trinajstić information content (AvgIpc) is 3.33. The lowest BCUT2D eigenvalue weighted by molar-refractivity contribution is 0.112. The second-order valence-electron chi connectivity index (χ2n) is 7.07. The molecule has 2 fully saturated rings. The second kappa shape index (κ2) is 11.4. The predicted molar refractivity (Wildman–Crippen MR) is 124 cm³/mol. The first-order valence-corrected chi connectivity index (χ1v) is 10.9. The molecule has 3 rings (SSSR count).